The fourth-order valence-electron chi connectivity index (χ4n) is 4.69. The van der Waals surface area contributed by atoms with Crippen molar-refractivity contribution in [3.8, 4) is 5.69 Å². The first-order valence-electron chi connectivity index (χ1n) is 9.42. The Bertz CT molecular complexity index is 832. The highest BCUT2D eigenvalue weighted by molar-refractivity contribution is 6.30. The Balaban J connectivity index is 1.61. The monoisotopic (exact) mass is 371 g/mol. The van der Waals surface area contributed by atoms with Crippen LogP contribution in [0.2, 0.25) is 5.02 Å². The maximum atomic E-state index is 13.2. The molecule has 0 radical (unpaired) electrons. The van der Waals surface area contributed by atoms with E-state index in [4.69, 9.17) is 11.6 Å². The molecule has 1 aromatic heterocycles. The first-order valence-corrected chi connectivity index (χ1v) is 9.80. The van der Waals surface area contributed by atoms with Crippen LogP contribution in [0.15, 0.2) is 30.3 Å². The Labute approximate surface area is 160 Å². The number of carbonyl (C=O) groups excluding carboxylic acids is 1. The fraction of sp³-hybridized carbons (Fsp3) is 0.476. The Morgan fingerprint density at radius 1 is 1.19 bits per heavy atom. The standard InChI is InChI=1S/C21H26ClN3O/c1-13-9-20(14(2)25(13)18-6-4-5-15(22)10-18)21(26)24(3)19-11-16-7-8-17(12-19)23-16/h4-6,9-10,16-17,19,23H,7-8,11-12H2,1-3H3. The van der Waals surface area contributed by atoms with E-state index in [0.29, 0.717) is 23.1 Å². The normalized spacial score (nSPS) is 24.7. The van der Waals surface area contributed by atoms with Crippen LogP contribution >= 0.6 is 11.6 Å². The highest BCUT2D eigenvalue weighted by Crippen LogP contribution is 2.31. The molecule has 2 aliphatic heterocycles. The van der Waals surface area contributed by atoms with Gasteiger partial charge in [-0.1, -0.05) is 17.7 Å². The van der Waals surface area contributed by atoms with E-state index in [-0.39, 0.29) is 5.91 Å². The van der Waals surface area contributed by atoms with E-state index in [1.54, 1.807) is 0 Å². The number of aromatic nitrogens is 1. The molecule has 1 aromatic carbocycles. The lowest BCUT2D eigenvalue weighted by molar-refractivity contribution is 0.0681. The highest BCUT2D eigenvalue weighted by atomic mass is 35.5. The summed E-state index contributed by atoms with van der Waals surface area (Å²) in [4.78, 5) is 15.2. The van der Waals surface area contributed by atoms with Crippen molar-refractivity contribution >= 4 is 17.5 Å². The van der Waals surface area contributed by atoms with Crippen LogP contribution in [-0.2, 0) is 0 Å². The summed E-state index contributed by atoms with van der Waals surface area (Å²) in [6.07, 6.45) is 4.61. The maximum absolute atomic E-state index is 13.2. The van der Waals surface area contributed by atoms with E-state index in [2.05, 4.69) is 9.88 Å². The molecule has 2 aromatic rings. The van der Waals surface area contributed by atoms with Crippen LogP contribution in [0.4, 0.5) is 0 Å². The third-order valence-electron chi connectivity index (χ3n) is 6.04. The van der Waals surface area contributed by atoms with Crippen molar-refractivity contribution in [1.29, 1.82) is 0 Å². The van der Waals surface area contributed by atoms with Crippen molar-refractivity contribution in [2.75, 3.05) is 7.05 Å². The fourth-order valence-corrected chi connectivity index (χ4v) is 4.88. The minimum absolute atomic E-state index is 0.123. The summed E-state index contributed by atoms with van der Waals surface area (Å²) in [6.45, 7) is 4.05. The average Bonchev–Trinajstić information content (AvgIpc) is 3.11. The van der Waals surface area contributed by atoms with Gasteiger partial charge in [-0.15, -0.1) is 0 Å². The largest absolute Gasteiger partial charge is 0.339 e. The number of carbonyl (C=O) groups is 1. The number of amides is 1. The molecule has 138 valence electrons. The van der Waals surface area contributed by atoms with E-state index in [1.807, 2.05) is 56.1 Å². The Morgan fingerprint density at radius 3 is 2.54 bits per heavy atom. The van der Waals surface area contributed by atoms with Crippen LogP contribution in [0.5, 0.6) is 0 Å². The minimum Gasteiger partial charge on any atom is -0.339 e. The van der Waals surface area contributed by atoms with Gasteiger partial charge in [-0.3, -0.25) is 4.79 Å². The summed E-state index contributed by atoms with van der Waals surface area (Å²) in [5.41, 5.74) is 3.80. The molecule has 2 aliphatic rings. The van der Waals surface area contributed by atoms with Crippen LogP contribution in [0.25, 0.3) is 5.69 Å². The van der Waals surface area contributed by atoms with Gasteiger partial charge in [0.15, 0.2) is 0 Å². The van der Waals surface area contributed by atoms with E-state index >= 15 is 0 Å². The van der Waals surface area contributed by atoms with Crippen molar-refractivity contribution in [3.05, 3.63) is 52.3 Å². The van der Waals surface area contributed by atoms with Gasteiger partial charge in [0.25, 0.3) is 5.91 Å². The van der Waals surface area contributed by atoms with E-state index in [1.165, 1.54) is 12.8 Å². The van der Waals surface area contributed by atoms with Crippen LogP contribution < -0.4 is 5.32 Å². The number of fused-ring (bicyclic) bond motifs is 2. The molecular weight excluding hydrogens is 346 g/mol. The summed E-state index contributed by atoms with van der Waals surface area (Å²) in [5, 5.41) is 4.35. The van der Waals surface area contributed by atoms with Gasteiger partial charge in [0.1, 0.15) is 0 Å². The molecular formula is C21H26ClN3O. The van der Waals surface area contributed by atoms with Gasteiger partial charge in [0.05, 0.1) is 5.56 Å². The van der Waals surface area contributed by atoms with Gasteiger partial charge >= 0.3 is 0 Å². The number of aryl methyl sites for hydroxylation is 1. The first kappa shape index (κ1) is 17.6. The van der Waals surface area contributed by atoms with Crippen molar-refractivity contribution in [2.45, 2.75) is 57.7 Å². The second-order valence-corrected chi connectivity index (χ2v) is 8.22. The second-order valence-electron chi connectivity index (χ2n) is 7.78. The molecule has 2 fully saturated rings. The predicted molar refractivity (Wildman–Crippen MR) is 105 cm³/mol. The smallest absolute Gasteiger partial charge is 0.255 e. The maximum Gasteiger partial charge on any atom is 0.255 e. The van der Waals surface area contributed by atoms with Gasteiger partial charge in [-0.05, 0) is 63.8 Å². The second kappa shape index (κ2) is 6.75. The van der Waals surface area contributed by atoms with Crippen LogP contribution in [0.1, 0.15) is 47.4 Å². The van der Waals surface area contributed by atoms with E-state index in [9.17, 15) is 4.79 Å². The molecule has 2 saturated heterocycles. The Morgan fingerprint density at radius 2 is 1.88 bits per heavy atom. The molecule has 26 heavy (non-hydrogen) atoms. The Kier molecular flexibility index (Phi) is 4.57. The number of hydrogen-bond acceptors (Lipinski definition) is 2. The number of nitrogens with zero attached hydrogens (tertiary/aromatic N) is 2. The molecule has 1 N–H and O–H groups in total. The quantitative estimate of drug-likeness (QED) is 0.881. The van der Waals surface area contributed by atoms with Crippen molar-refractivity contribution < 1.29 is 4.79 Å². The van der Waals surface area contributed by atoms with Crippen molar-refractivity contribution in [1.82, 2.24) is 14.8 Å². The first-order chi connectivity index (χ1) is 12.4. The van der Waals surface area contributed by atoms with E-state index in [0.717, 1.165) is 35.5 Å². The number of halogens is 1. The van der Waals surface area contributed by atoms with E-state index < -0.39 is 0 Å². The lowest BCUT2D eigenvalue weighted by Crippen LogP contribution is -2.48. The number of benzene rings is 1. The minimum atomic E-state index is 0.123. The summed E-state index contributed by atoms with van der Waals surface area (Å²) < 4.78 is 2.11. The molecule has 0 saturated carbocycles. The molecule has 2 unspecified atom stereocenters. The zero-order valence-corrected chi connectivity index (χ0v) is 16.4. The zero-order chi connectivity index (χ0) is 18.4. The molecule has 4 rings (SSSR count). The summed E-state index contributed by atoms with van der Waals surface area (Å²) in [6, 6.07) is 11.2. The zero-order valence-electron chi connectivity index (χ0n) is 15.6. The molecule has 0 aliphatic carbocycles. The summed E-state index contributed by atoms with van der Waals surface area (Å²) in [5.74, 6) is 0.123. The molecule has 3 heterocycles. The topological polar surface area (TPSA) is 37.3 Å². The van der Waals surface area contributed by atoms with Gasteiger partial charge in [0, 0.05) is 47.3 Å². The lowest BCUT2D eigenvalue weighted by Gasteiger charge is -2.35. The van der Waals surface area contributed by atoms with Crippen LogP contribution in [0, 0.1) is 13.8 Å². The number of hydrogen-bond donors (Lipinski definition) is 1. The highest BCUT2D eigenvalue weighted by Gasteiger charge is 2.37. The predicted octanol–water partition coefficient (Wildman–Crippen LogP) is 4.10. The molecule has 5 heteroatoms. The molecule has 0 spiro atoms. The average molecular weight is 372 g/mol. The third kappa shape index (κ3) is 3.06. The SMILES string of the molecule is Cc1cc(C(=O)N(C)C2CC3CCC(C2)N3)c(C)n1-c1cccc(Cl)c1. The number of rotatable bonds is 3. The summed E-state index contributed by atoms with van der Waals surface area (Å²) >= 11 is 6.16. The van der Waals surface area contributed by atoms with Crippen LogP contribution in [0.3, 0.4) is 0 Å². The number of piperidine rings is 1. The third-order valence-corrected chi connectivity index (χ3v) is 6.28. The molecule has 2 bridgehead atoms. The molecule has 4 nitrogen and oxygen atoms in total. The summed E-state index contributed by atoms with van der Waals surface area (Å²) in [7, 11) is 1.96. The van der Waals surface area contributed by atoms with Gasteiger partial charge in [-0.2, -0.15) is 0 Å². The number of nitrogens with one attached hydrogen (secondary N) is 1. The van der Waals surface area contributed by atoms with Crippen LogP contribution in [-0.4, -0.2) is 40.5 Å². The lowest BCUT2D eigenvalue weighted by atomic mass is 9.98. The van der Waals surface area contributed by atoms with Crippen molar-refractivity contribution in [2.24, 2.45) is 0 Å². The van der Waals surface area contributed by atoms with Crippen molar-refractivity contribution in [3.63, 3.8) is 0 Å². The molecule has 1 amide bonds. The van der Waals surface area contributed by atoms with Gasteiger partial charge < -0.3 is 14.8 Å². The van der Waals surface area contributed by atoms with Gasteiger partial charge in [-0.25, -0.2) is 0 Å². The van der Waals surface area contributed by atoms with Gasteiger partial charge in [0.2, 0.25) is 0 Å². The molecule has 2 atom stereocenters. The Hall–Kier alpha value is -1.78.